The molecule has 0 aliphatic carbocycles. The molecule has 1 aliphatic rings. The first-order valence-electron chi connectivity index (χ1n) is 7.78. The van der Waals surface area contributed by atoms with Crippen molar-refractivity contribution >= 4 is 23.1 Å². The summed E-state index contributed by atoms with van der Waals surface area (Å²) >= 11 is 1.22. The lowest BCUT2D eigenvalue weighted by Gasteiger charge is -2.19. The zero-order valence-electron chi connectivity index (χ0n) is 12.8. The summed E-state index contributed by atoms with van der Waals surface area (Å²) in [6.45, 7) is 3.70. The summed E-state index contributed by atoms with van der Waals surface area (Å²) in [5, 5.41) is 0. The van der Waals surface area contributed by atoms with Crippen LogP contribution in [0.1, 0.15) is 40.9 Å². The fourth-order valence-electron chi connectivity index (χ4n) is 2.79. The number of aromatic nitrogens is 1. The van der Waals surface area contributed by atoms with Crippen molar-refractivity contribution in [3.63, 3.8) is 0 Å². The Morgan fingerprint density at radius 2 is 1.77 bits per heavy atom. The molecule has 0 atom stereocenters. The summed E-state index contributed by atoms with van der Waals surface area (Å²) in [7, 11) is 0. The van der Waals surface area contributed by atoms with E-state index in [9.17, 15) is 4.79 Å². The van der Waals surface area contributed by atoms with Crippen molar-refractivity contribution in [1.29, 1.82) is 0 Å². The first kappa shape index (κ1) is 15.0. The molecule has 0 radical (unpaired) electrons. The van der Waals surface area contributed by atoms with E-state index in [4.69, 9.17) is 5.73 Å². The van der Waals surface area contributed by atoms with Gasteiger partial charge in [-0.1, -0.05) is 42.7 Å². The summed E-state index contributed by atoms with van der Waals surface area (Å²) < 4.78 is 4.42. The zero-order chi connectivity index (χ0) is 15.5. The lowest BCUT2D eigenvalue weighted by molar-refractivity contribution is 0.0767. The number of amides is 1. The molecule has 5 heteroatoms. The second kappa shape index (κ2) is 6.48. The summed E-state index contributed by atoms with van der Waals surface area (Å²) in [4.78, 5) is 15.2. The molecule has 1 aromatic heterocycles. The van der Waals surface area contributed by atoms with E-state index in [1.54, 1.807) is 0 Å². The largest absolute Gasteiger partial charge is 0.396 e. The Balaban J connectivity index is 1.86. The van der Waals surface area contributed by atoms with Gasteiger partial charge in [0, 0.05) is 18.7 Å². The van der Waals surface area contributed by atoms with E-state index in [1.807, 2.05) is 36.1 Å². The number of aryl methyl sites for hydroxylation is 1. The Kier molecular flexibility index (Phi) is 4.43. The Labute approximate surface area is 135 Å². The van der Waals surface area contributed by atoms with Crippen LogP contribution in [0.2, 0.25) is 0 Å². The number of nitrogens with two attached hydrogens (primary N) is 1. The standard InChI is InChI=1S/C17H21N3OS/c1-12-6-8-13(9-7-12)15-14(18)16(22-19-15)17(21)20-10-4-2-3-5-11-20/h6-9H,2-5,10-11,18H2,1H3. The van der Waals surface area contributed by atoms with Crippen LogP contribution in [0.3, 0.4) is 0 Å². The van der Waals surface area contributed by atoms with Gasteiger partial charge in [0.25, 0.3) is 5.91 Å². The third-order valence-electron chi connectivity index (χ3n) is 4.14. The van der Waals surface area contributed by atoms with Crippen LogP contribution in [-0.2, 0) is 0 Å². The maximum atomic E-state index is 12.7. The molecule has 22 heavy (non-hydrogen) atoms. The van der Waals surface area contributed by atoms with Gasteiger partial charge in [-0.25, -0.2) is 0 Å². The molecule has 0 saturated carbocycles. The maximum absolute atomic E-state index is 12.7. The van der Waals surface area contributed by atoms with Crippen molar-refractivity contribution in [3.05, 3.63) is 34.7 Å². The lowest BCUT2D eigenvalue weighted by Crippen LogP contribution is -2.31. The molecule has 0 bridgehead atoms. The molecule has 0 spiro atoms. The molecule has 0 unspecified atom stereocenters. The Bertz CT molecular complexity index is 655. The number of carbonyl (C=O) groups is 1. The summed E-state index contributed by atoms with van der Waals surface area (Å²) in [6, 6.07) is 8.07. The quantitative estimate of drug-likeness (QED) is 0.919. The van der Waals surface area contributed by atoms with Crippen LogP contribution >= 0.6 is 11.5 Å². The highest BCUT2D eigenvalue weighted by atomic mass is 32.1. The van der Waals surface area contributed by atoms with E-state index in [1.165, 1.54) is 29.9 Å². The van der Waals surface area contributed by atoms with E-state index in [-0.39, 0.29) is 5.91 Å². The normalized spacial score (nSPS) is 15.6. The van der Waals surface area contributed by atoms with Gasteiger partial charge >= 0.3 is 0 Å². The molecule has 1 amide bonds. The third kappa shape index (κ3) is 2.99. The molecule has 2 N–H and O–H groups in total. The van der Waals surface area contributed by atoms with Gasteiger partial charge in [-0.2, -0.15) is 4.37 Å². The fraction of sp³-hybridized carbons (Fsp3) is 0.412. The molecule has 3 rings (SSSR count). The number of nitrogens with zero attached hydrogens (tertiary/aromatic N) is 2. The minimum absolute atomic E-state index is 0.0373. The molecular weight excluding hydrogens is 294 g/mol. The molecule has 1 saturated heterocycles. The number of benzene rings is 1. The van der Waals surface area contributed by atoms with Crippen LogP contribution in [0.15, 0.2) is 24.3 Å². The van der Waals surface area contributed by atoms with Crippen molar-refractivity contribution < 1.29 is 4.79 Å². The molecule has 116 valence electrons. The third-order valence-corrected chi connectivity index (χ3v) is 4.99. The second-order valence-corrected chi connectivity index (χ2v) is 6.62. The van der Waals surface area contributed by atoms with Gasteiger partial charge in [-0.3, -0.25) is 4.79 Å². The van der Waals surface area contributed by atoms with Crippen LogP contribution in [0.5, 0.6) is 0 Å². The van der Waals surface area contributed by atoms with E-state index in [0.29, 0.717) is 10.6 Å². The summed E-state index contributed by atoms with van der Waals surface area (Å²) in [6.07, 6.45) is 4.57. The molecule has 2 aromatic rings. The molecule has 1 aliphatic heterocycles. The lowest BCUT2D eigenvalue weighted by atomic mass is 10.1. The van der Waals surface area contributed by atoms with Crippen molar-refractivity contribution in [2.75, 3.05) is 18.8 Å². The zero-order valence-corrected chi connectivity index (χ0v) is 13.7. The summed E-state index contributed by atoms with van der Waals surface area (Å²) in [5.74, 6) is 0.0373. The average molecular weight is 315 g/mol. The maximum Gasteiger partial charge on any atom is 0.267 e. The SMILES string of the molecule is Cc1ccc(-c2nsc(C(=O)N3CCCCCC3)c2N)cc1. The number of hydrogen-bond donors (Lipinski definition) is 1. The predicted molar refractivity (Wildman–Crippen MR) is 91.1 cm³/mol. The molecule has 1 aromatic carbocycles. The number of rotatable bonds is 2. The highest BCUT2D eigenvalue weighted by Crippen LogP contribution is 2.32. The Morgan fingerprint density at radius 1 is 1.14 bits per heavy atom. The van der Waals surface area contributed by atoms with Crippen LogP contribution in [0.4, 0.5) is 5.69 Å². The molecular formula is C17H21N3OS. The number of hydrogen-bond acceptors (Lipinski definition) is 4. The molecule has 4 nitrogen and oxygen atoms in total. The topological polar surface area (TPSA) is 59.2 Å². The second-order valence-electron chi connectivity index (χ2n) is 5.85. The monoisotopic (exact) mass is 315 g/mol. The number of anilines is 1. The van der Waals surface area contributed by atoms with Crippen molar-refractivity contribution in [1.82, 2.24) is 9.27 Å². The van der Waals surface area contributed by atoms with Crippen LogP contribution < -0.4 is 5.73 Å². The van der Waals surface area contributed by atoms with Crippen molar-refractivity contribution in [3.8, 4) is 11.3 Å². The minimum Gasteiger partial charge on any atom is -0.396 e. The highest BCUT2D eigenvalue weighted by Gasteiger charge is 2.24. The first-order valence-corrected chi connectivity index (χ1v) is 8.55. The van der Waals surface area contributed by atoms with Gasteiger partial charge in [0.15, 0.2) is 0 Å². The highest BCUT2D eigenvalue weighted by molar-refractivity contribution is 7.09. The van der Waals surface area contributed by atoms with Crippen molar-refractivity contribution in [2.24, 2.45) is 0 Å². The van der Waals surface area contributed by atoms with E-state index >= 15 is 0 Å². The van der Waals surface area contributed by atoms with E-state index in [0.717, 1.165) is 37.2 Å². The Hall–Kier alpha value is -1.88. The van der Waals surface area contributed by atoms with Crippen LogP contribution in [0, 0.1) is 6.92 Å². The van der Waals surface area contributed by atoms with Gasteiger partial charge in [-0.15, -0.1) is 0 Å². The van der Waals surface area contributed by atoms with E-state index in [2.05, 4.69) is 4.37 Å². The number of carbonyl (C=O) groups excluding carboxylic acids is 1. The molecule has 1 fully saturated rings. The number of nitrogen functional groups attached to an aromatic ring is 1. The average Bonchev–Trinajstić information content (AvgIpc) is 2.75. The van der Waals surface area contributed by atoms with Crippen LogP contribution in [0.25, 0.3) is 11.3 Å². The predicted octanol–water partition coefficient (Wildman–Crippen LogP) is 3.72. The van der Waals surface area contributed by atoms with Gasteiger partial charge in [0.2, 0.25) is 0 Å². The first-order chi connectivity index (χ1) is 10.7. The molecule has 2 heterocycles. The fourth-order valence-corrected chi connectivity index (χ4v) is 3.58. The van der Waals surface area contributed by atoms with Gasteiger partial charge in [0.05, 0.1) is 5.69 Å². The van der Waals surface area contributed by atoms with Gasteiger partial charge < -0.3 is 10.6 Å². The Morgan fingerprint density at radius 3 is 2.41 bits per heavy atom. The van der Waals surface area contributed by atoms with Gasteiger partial charge in [-0.05, 0) is 31.3 Å². The number of likely N-dealkylation sites (tertiary alicyclic amines) is 1. The van der Waals surface area contributed by atoms with Crippen molar-refractivity contribution in [2.45, 2.75) is 32.6 Å². The van der Waals surface area contributed by atoms with Gasteiger partial charge in [0.1, 0.15) is 10.6 Å². The summed E-state index contributed by atoms with van der Waals surface area (Å²) in [5.41, 5.74) is 9.62. The van der Waals surface area contributed by atoms with Crippen LogP contribution in [-0.4, -0.2) is 28.3 Å². The smallest absolute Gasteiger partial charge is 0.267 e. The minimum atomic E-state index is 0.0373. The van der Waals surface area contributed by atoms with E-state index < -0.39 is 0 Å².